The monoisotopic (exact) mass is 205 g/mol. The van der Waals surface area contributed by atoms with Crippen LogP contribution in [0.1, 0.15) is 37.8 Å². The molecule has 0 radical (unpaired) electrons. The Balaban J connectivity index is 1.73. The molecular formula is C13H19NO. The van der Waals surface area contributed by atoms with Gasteiger partial charge in [0, 0.05) is 11.6 Å². The van der Waals surface area contributed by atoms with Crippen molar-refractivity contribution in [2.75, 3.05) is 6.54 Å². The van der Waals surface area contributed by atoms with Gasteiger partial charge in [-0.15, -0.1) is 0 Å². The van der Waals surface area contributed by atoms with Crippen molar-refractivity contribution in [2.45, 2.75) is 32.2 Å². The normalized spacial score (nSPS) is 35.1. The standard InChI is InChI=1S/C13H19NO/c1-2-14-13(9-3-4-15-8-9)12-6-10-5-11(10)7-12/h3-4,8,10-14H,2,5-7H2,1H3. The fraction of sp³-hybridized carbons (Fsp3) is 0.692. The molecule has 3 rings (SSSR count). The quantitative estimate of drug-likeness (QED) is 0.817. The van der Waals surface area contributed by atoms with Crippen LogP contribution in [0.25, 0.3) is 0 Å². The molecule has 0 bridgehead atoms. The lowest BCUT2D eigenvalue weighted by Crippen LogP contribution is -2.27. The van der Waals surface area contributed by atoms with Gasteiger partial charge in [-0.3, -0.25) is 0 Å². The van der Waals surface area contributed by atoms with Crippen molar-refractivity contribution in [3.8, 4) is 0 Å². The molecule has 1 heterocycles. The molecule has 1 aromatic rings. The first-order valence-corrected chi connectivity index (χ1v) is 6.14. The summed E-state index contributed by atoms with van der Waals surface area (Å²) in [5.74, 6) is 2.96. The van der Waals surface area contributed by atoms with Crippen LogP contribution in [0.15, 0.2) is 23.0 Å². The second-order valence-electron chi connectivity index (χ2n) is 5.08. The van der Waals surface area contributed by atoms with Gasteiger partial charge in [-0.2, -0.15) is 0 Å². The molecule has 0 saturated heterocycles. The summed E-state index contributed by atoms with van der Waals surface area (Å²) in [6, 6.07) is 2.64. The Morgan fingerprint density at radius 1 is 1.40 bits per heavy atom. The van der Waals surface area contributed by atoms with Crippen LogP contribution in [-0.4, -0.2) is 6.54 Å². The number of rotatable bonds is 4. The minimum absolute atomic E-state index is 0.529. The lowest BCUT2D eigenvalue weighted by Gasteiger charge is -2.24. The highest BCUT2D eigenvalue weighted by Crippen LogP contribution is 2.57. The van der Waals surface area contributed by atoms with Crippen LogP contribution in [0.5, 0.6) is 0 Å². The molecule has 3 unspecified atom stereocenters. The van der Waals surface area contributed by atoms with E-state index < -0.39 is 0 Å². The third-order valence-corrected chi connectivity index (χ3v) is 4.08. The molecule has 0 amide bonds. The molecule has 1 aromatic heterocycles. The van der Waals surface area contributed by atoms with E-state index in [0.29, 0.717) is 6.04 Å². The van der Waals surface area contributed by atoms with E-state index in [0.717, 1.165) is 24.3 Å². The predicted octanol–water partition coefficient (Wildman–Crippen LogP) is 2.98. The summed E-state index contributed by atoms with van der Waals surface area (Å²) < 4.78 is 5.20. The molecule has 2 saturated carbocycles. The summed E-state index contributed by atoms with van der Waals surface area (Å²) in [7, 11) is 0. The Hall–Kier alpha value is -0.760. The lowest BCUT2D eigenvalue weighted by molar-refractivity contribution is 0.344. The van der Waals surface area contributed by atoms with E-state index >= 15 is 0 Å². The van der Waals surface area contributed by atoms with Crippen LogP contribution in [0.3, 0.4) is 0 Å². The maximum absolute atomic E-state index is 5.20. The Morgan fingerprint density at radius 3 is 2.80 bits per heavy atom. The summed E-state index contributed by atoms with van der Waals surface area (Å²) in [4.78, 5) is 0. The highest BCUT2D eigenvalue weighted by atomic mass is 16.3. The van der Waals surface area contributed by atoms with Crippen LogP contribution in [-0.2, 0) is 0 Å². The zero-order valence-corrected chi connectivity index (χ0v) is 9.28. The summed E-state index contributed by atoms with van der Waals surface area (Å²) in [6.45, 7) is 3.23. The van der Waals surface area contributed by atoms with Crippen molar-refractivity contribution in [2.24, 2.45) is 17.8 Å². The van der Waals surface area contributed by atoms with Crippen molar-refractivity contribution in [1.82, 2.24) is 5.32 Å². The van der Waals surface area contributed by atoms with Crippen molar-refractivity contribution in [1.29, 1.82) is 0 Å². The Kier molecular flexibility index (Phi) is 2.32. The number of hydrogen-bond acceptors (Lipinski definition) is 2. The van der Waals surface area contributed by atoms with Gasteiger partial charge >= 0.3 is 0 Å². The van der Waals surface area contributed by atoms with Crippen molar-refractivity contribution >= 4 is 0 Å². The Labute approximate surface area is 91.0 Å². The molecule has 0 spiro atoms. The van der Waals surface area contributed by atoms with E-state index in [4.69, 9.17) is 4.42 Å². The average Bonchev–Trinajstić information content (AvgIpc) is 2.75. The smallest absolute Gasteiger partial charge is 0.0950 e. The SMILES string of the molecule is CCNC(c1ccoc1)C1CC2CC2C1. The molecular weight excluding hydrogens is 186 g/mol. The fourth-order valence-electron chi connectivity index (χ4n) is 3.26. The molecule has 2 nitrogen and oxygen atoms in total. The first-order valence-electron chi connectivity index (χ1n) is 6.14. The molecule has 0 aromatic carbocycles. The second-order valence-corrected chi connectivity index (χ2v) is 5.08. The van der Waals surface area contributed by atoms with Crippen LogP contribution in [0.4, 0.5) is 0 Å². The van der Waals surface area contributed by atoms with Crippen LogP contribution in [0, 0.1) is 17.8 Å². The molecule has 82 valence electrons. The zero-order valence-electron chi connectivity index (χ0n) is 9.28. The zero-order chi connectivity index (χ0) is 10.3. The largest absolute Gasteiger partial charge is 0.472 e. The number of nitrogens with one attached hydrogen (secondary N) is 1. The predicted molar refractivity (Wildman–Crippen MR) is 59.4 cm³/mol. The van der Waals surface area contributed by atoms with E-state index in [1.807, 2.05) is 6.26 Å². The van der Waals surface area contributed by atoms with Crippen molar-refractivity contribution in [3.63, 3.8) is 0 Å². The van der Waals surface area contributed by atoms with Gasteiger partial charge in [-0.25, -0.2) is 0 Å². The minimum atomic E-state index is 0.529. The molecule has 1 N–H and O–H groups in total. The summed E-state index contributed by atoms with van der Waals surface area (Å²) in [6.07, 6.45) is 8.04. The highest BCUT2D eigenvalue weighted by molar-refractivity contribution is 5.15. The van der Waals surface area contributed by atoms with Gasteiger partial charge in [0.25, 0.3) is 0 Å². The molecule has 2 aliphatic rings. The molecule has 0 aliphatic heterocycles. The van der Waals surface area contributed by atoms with Gasteiger partial charge in [0.2, 0.25) is 0 Å². The van der Waals surface area contributed by atoms with Gasteiger partial charge in [0.15, 0.2) is 0 Å². The van der Waals surface area contributed by atoms with Gasteiger partial charge < -0.3 is 9.73 Å². The van der Waals surface area contributed by atoms with Crippen LogP contribution in [0.2, 0.25) is 0 Å². The first kappa shape index (κ1) is 9.46. The summed E-state index contributed by atoms with van der Waals surface area (Å²) >= 11 is 0. The summed E-state index contributed by atoms with van der Waals surface area (Å²) in [5, 5.41) is 3.61. The van der Waals surface area contributed by atoms with Gasteiger partial charge in [-0.1, -0.05) is 6.92 Å². The van der Waals surface area contributed by atoms with E-state index in [2.05, 4.69) is 18.3 Å². The number of fused-ring (bicyclic) bond motifs is 1. The molecule has 3 atom stereocenters. The minimum Gasteiger partial charge on any atom is -0.472 e. The molecule has 2 heteroatoms. The molecule has 2 aliphatic carbocycles. The third kappa shape index (κ3) is 1.71. The second kappa shape index (κ2) is 3.67. The van der Waals surface area contributed by atoms with Gasteiger partial charge in [-0.05, 0) is 49.6 Å². The third-order valence-electron chi connectivity index (χ3n) is 4.08. The van der Waals surface area contributed by atoms with Crippen LogP contribution >= 0.6 is 0 Å². The van der Waals surface area contributed by atoms with E-state index in [9.17, 15) is 0 Å². The van der Waals surface area contributed by atoms with Crippen LogP contribution < -0.4 is 5.32 Å². The molecule has 15 heavy (non-hydrogen) atoms. The maximum Gasteiger partial charge on any atom is 0.0950 e. The first-order chi connectivity index (χ1) is 7.38. The Bertz CT molecular complexity index is 309. The Morgan fingerprint density at radius 2 is 2.20 bits per heavy atom. The molecule has 2 fully saturated rings. The fourth-order valence-corrected chi connectivity index (χ4v) is 3.26. The number of furan rings is 1. The summed E-state index contributed by atoms with van der Waals surface area (Å²) in [5.41, 5.74) is 1.34. The topological polar surface area (TPSA) is 25.2 Å². The lowest BCUT2D eigenvalue weighted by atomic mass is 9.90. The van der Waals surface area contributed by atoms with Gasteiger partial charge in [0.05, 0.1) is 12.5 Å². The average molecular weight is 205 g/mol. The van der Waals surface area contributed by atoms with Crippen molar-refractivity contribution < 1.29 is 4.42 Å². The van der Waals surface area contributed by atoms with E-state index in [1.165, 1.54) is 24.8 Å². The van der Waals surface area contributed by atoms with Gasteiger partial charge in [0.1, 0.15) is 0 Å². The highest BCUT2D eigenvalue weighted by Gasteiger charge is 2.48. The van der Waals surface area contributed by atoms with E-state index in [1.54, 1.807) is 6.26 Å². The van der Waals surface area contributed by atoms with Crippen molar-refractivity contribution in [3.05, 3.63) is 24.2 Å². The number of hydrogen-bond donors (Lipinski definition) is 1. The van der Waals surface area contributed by atoms with E-state index in [-0.39, 0.29) is 0 Å². The maximum atomic E-state index is 5.20.